The van der Waals surface area contributed by atoms with Gasteiger partial charge in [-0.2, -0.15) is 4.31 Å². The van der Waals surface area contributed by atoms with Gasteiger partial charge < -0.3 is 10.2 Å². The maximum absolute atomic E-state index is 13.2. The van der Waals surface area contributed by atoms with Crippen LogP contribution in [0.4, 0.5) is 0 Å². The van der Waals surface area contributed by atoms with Gasteiger partial charge in [0.15, 0.2) is 0 Å². The van der Waals surface area contributed by atoms with Crippen molar-refractivity contribution in [1.29, 1.82) is 0 Å². The molecule has 0 saturated carbocycles. The Morgan fingerprint density at radius 2 is 1.68 bits per heavy atom. The molecule has 7 heteroatoms. The highest BCUT2D eigenvalue weighted by atomic mass is 32.2. The van der Waals surface area contributed by atoms with E-state index < -0.39 is 10.0 Å². The number of nitrogens with one attached hydrogen (secondary N) is 1. The molecule has 1 aliphatic heterocycles. The quantitative estimate of drug-likeness (QED) is 0.743. The molecule has 1 amide bonds. The summed E-state index contributed by atoms with van der Waals surface area (Å²) in [5.74, 6) is -0.250. The van der Waals surface area contributed by atoms with Crippen molar-refractivity contribution in [1.82, 2.24) is 14.5 Å². The lowest BCUT2D eigenvalue weighted by atomic mass is 9.97. The fourth-order valence-corrected chi connectivity index (χ4v) is 5.48. The summed E-state index contributed by atoms with van der Waals surface area (Å²) < 4.78 is 27.8. The van der Waals surface area contributed by atoms with E-state index in [0.29, 0.717) is 31.7 Å². The van der Waals surface area contributed by atoms with Crippen LogP contribution in [0.15, 0.2) is 41.3 Å². The van der Waals surface area contributed by atoms with Gasteiger partial charge in [0.2, 0.25) is 10.0 Å². The SMILES string of the molecule is CC[C@H](NC(=O)c1cc(S(=O)(=O)N2CCN(C)CC2)ccc1C)c1ccc(C)cc1C. The summed E-state index contributed by atoms with van der Waals surface area (Å²) in [6.07, 6.45) is 0.744. The topological polar surface area (TPSA) is 69.7 Å². The predicted molar refractivity (Wildman–Crippen MR) is 124 cm³/mol. The van der Waals surface area contributed by atoms with E-state index in [-0.39, 0.29) is 16.8 Å². The Balaban J connectivity index is 1.86. The third-order valence-electron chi connectivity index (χ3n) is 6.07. The van der Waals surface area contributed by atoms with Gasteiger partial charge in [-0.15, -0.1) is 0 Å². The van der Waals surface area contributed by atoms with Crippen LogP contribution < -0.4 is 5.32 Å². The van der Waals surface area contributed by atoms with Crippen molar-refractivity contribution in [3.8, 4) is 0 Å². The van der Waals surface area contributed by atoms with E-state index in [1.165, 1.54) is 15.9 Å². The lowest BCUT2D eigenvalue weighted by Crippen LogP contribution is -2.47. The number of piperazine rings is 1. The highest BCUT2D eigenvalue weighted by Gasteiger charge is 2.28. The Bertz CT molecular complexity index is 1060. The third kappa shape index (κ3) is 5.17. The molecule has 0 unspecified atom stereocenters. The monoisotopic (exact) mass is 443 g/mol. The average molecular weight is 444 g/mol. The number of nitrogens with zero attached hydrogens (tertiary/aromatic N) is 2. The van der Waals surface area contributed by atoms with Gasteiger partial charge in [-0.25, -0.2) is 8.42 Å². The first-order valence-electron chi connectivity index (χ1n) is 10.8. The molecule has 0 bridgehead atoms. The van der Waals surface area contributed by atoms with Crippen LogP contribution in [0, 0.1) is 20.8 Å². The fourth-order valence-electron chi connectivity index (χ4n) is 4.04. The van der Waals surface area contributed by atoms with Crippen molar-refractivity contribution in [2.45, 2.75) is 45.1 Å². The van der Waals surface area contributed by atoms with Crippen LogP contribution in [0.25, 0.3) is 0 Å². The Labute approximate surface area is 186 Å². The van der Waals surface area contributed by atoms with Crippen molar-refractivity contribution < 1.29 is 13.2 Å². The van der Waals surface area contributed by atoms with Crippen LogP contribution in [-0.2, 0) is 10.0 Å². The number of amides is 1. The van der Waals surface area contributed by atoms with E-state index in [4.69, 9.17) is 0 Å². The van der Waals surface area contributed by atoms with Crippen LogP contribution >= 0.6 is 0 Å². The predicted octanol–water partition coefficient (Wildman–Crippen LogP) is 3.43. The number of likely N-dealkylation sites (N-methyl/N-ethyl adjacent to an activating group) is 1. The summed E-state index contributed by atoms with van der Waals surface area (Å²) in [6, 6.07) is 10.9. The summed E-state index contributed by atoms with van der Waals surface area (Å²) >= 11 is 0. The second-order valence-electron chi connectivity index (χ2n) is 8.48. The smallest absolute Gasteiger partial charge is 0.252 e. The van der Waals surface area contributed by atoms with Gasteiger partial charge in [0.1, 0.15) is 0 Å². The van der Waals surface area contributed by atoms with Crippen molar-refractivity contribution in [3.63, 3.8) is 0 Å². The van der Waals surface area contributed by atoms with E-state index in [2.05, 4.69) is 22.3 Å². The summed E-state index contributed by atoms with van der Waals surface area (Å²) in [7, 11) is -1.64. The van der Waals surface area contributed by atoms with E-state index in [1.807, 2.05) is 40.8 Å². The first kappa shape index (κ1) is 23.4. The summed E-state index contributed by atoms with van der Waals surface area (Å²) in [5.41, 5.74) is 4.55. The highest BCUT2D eigenvalue weighted by molar-refractivity contribution is 7.89. The first-order chi connectivity index (χ1) is 14.6. The molecule has 0 aliphatic carbocycles. The number of hydrogen-bond acceptors (Lipinski definition) is 4. The molecule has 0 spiro atoms. The number of benzene rings is 2. The first-order valence-corrected chi connectivity index (χ1v) is 12.2. The number of aryl methyl sites for hydroxylation is 3. The molecule has 1 atom stereocenters. The summed E-state index contributed by atoms with van der Waals surface area (Å²) in [6.45, 7) is 10.3. The molecule has 1 saturated heterocycles. The van der Waals surface area contributed by atoms with Gasteiger partial charge in [0.25, 0.3) is 5.91 Å². The normalized spacial score (nSPS) is 16.8. The Kier molecular flexibility index (Phi) is 7.19. The largest absolute Gasteiger partial charge is 0.345 e. The zero-order valence-corrected chi connectivity index (χ0v) is 19.9. The van der Waals surface area contributed by atoms with Crippen LogP contribution in [0.2, 0.25) is 0 Å². The molecule has 2 aromatic rings. The molecule has 2 aromatic carbocycles. The molecule has 1 aliphatic rings. The van der Waals surface area contributed by atoms with Crippen molar-refractivity contribution in [2.75, 3.05) is 33.2 Å². The van der Waals surface area contributed by atoms with Crippen molar-refractivity contribution in [3.05, 3.63) is 64.2 Å². The lowest BCUT2D eigenvalue weighted by Gasteiger charge is -2.31. The minimum Gasteiger partial charge on any atom is -0.345 e. The third-order valence-corrected chi connectivity index (χ3v) is 7.96. The second kappa shape index (κ2) is 9.51. The van der Waals surface area contributed by atoms with Crippen molar-refractivity contribution >= 4 is 15.9 Å². The fraction of sp³-hybridized carbons (Fsp3) is 0.458. The number of carbonyl (C=O) groups excluding carboxylic acids is 1. The molecule has 3 rings (SSSR count). The Morgan fingerprint density at radius 3 is 2.29 bits per heavy atom. The van der Waals surface area contributed by atoms with Crippen LogP contribution in [0.3, 0.4) is 0 Å². The zero-order chi connectivity index (χ0) is 22.8. The van der Waals surface area contributed by atoms with Crippen LogP contribution in [0.1, 0.15) is 52.0 Å². The van der Waals surface area contributed by atoms with Gasteiger partial charge in [-0.05, 0) is 63.1 Å². The number of carbonyl (C=O) groups is 1. The molecule has 0 radical (unpaired) electrons. The zero-order valence-electron chi connectivity index (χ0n) is 19.1. The van der Waals surface area contributed by atoms with E-state index in [1.54, 1.807) is 12.1 Å². The van der Waals surface area contributed by atoms with Gasteiger partial charge in [-0.1, -0.05) is 36.8 Å². The van der Waals surface area contributed by atoms with Gasteiger partial charge in [0, 0.05) is 31.7 Å². The maximum Gasteiger partial charge on any atom is 0.252 e. The van der Waals surface area contributed by atoms with Gasteiger partial charge in [-0.3, -0.25) is 4.79 Å². The molecule has 168 valence electrons. The van der Waals surface area contributed by atoms with Gasteiger partial charge >= 0.3 is 0 Å². The van der Waals surface area contributed by atoms with Crippen LogP contribution in [0.5, 0.6) is 0 Å². The lowest BCUT2D eigenvalue weighted by molar-refractivity contribution is 0.0934. The number of sulfonamides is 1. The maximum atomic E-state index is 13.2. The number of rotatable bonds is 6. The molecule has 1 heterocycles. The second-order valence-corrected chi connectivity index (χ2v) is 10.4. The van der Waals surface area contributed by atoms with Crippen LogP contribution in [-0.4, -0.2) is 56.8 Å². The van der Waals surface area contributed by atoms with E-state index >= 15 is 0 Å². The summed E-state index contributed by atoms with van der Waals surface area (Å²) in [4.78, 5) is 15.4. The Hall–Kier alpha value is -2.22. The average Bonchev–Trinajstić information content (AvgIpc) is 2.72. The molecule has 1 N–H and O–H groups in total. The minimum atomic E-state index is -3.63. The summed E-state index contributed by atoms with van der Waals surface area (Å²) in [5, 5.41) is 3.11. The minimum absolute atomic E-state index is 0.134. The van der Waals surface area contributed by atoms with Crippen molar-refractivity contribution in [2.24, 2.45) is 0 Å². The molecule has 0 aromatic heterocycles. The standard InChI is InChI=1S/C24H33N3O3S/c1-6-23(21-10-7-17(2)15-19(21)4)25-24(28)22-16-20(9-8-18(22)3)31(29,30)27-13-11-26(5)12-14-27/h7-10,15-16,23H,6,11-14H2,1-5H3,(H,25,28)/t23-/m0/s1. The van der Waals surface area contributed by atoms with E-state index in [9.17, 15) is 13.2 Å². The molecule has 1 fully saturated rings. The van der Waals surface area contributed by atoms with Gasteiger partial charge in [0.05, 0.1) is 10.9 Å². The molecule has 6 nitrogen and oxygen atoms in total. The van der Waals surface area contributed by atoms with E-state index in [0.717, 1.165) is 23.1 Å². The molecular formula is C24H33N3O3S. The Morgan fingerprint density at radius 1 is 1.00 bits per heavy atom. The molecule has 31 heavy (non-hydrogen) atoms. The number of hydrogen-bond donors (Lipinski definition) is 1. The molecular weight excluding hydrogens is 410 g/mol. The highest BCUT2D eigenvalue weighted by Crippen LogP contribution is 2.24.